The highest BCUT2D eigenvalue weighted by Gasteiger charge is 2.33. The van der Waals surface area contributed by atoms with Gasteiger partial charge in [-0.3, -0.25) is 9.48 Å². The van der Waals surface area contributed by atoms with Crippen LogP contribution >= 0.6 is 0 Å². The molecule has 2 aliphatic heterocycles. The van der Waals surface area contributed by atoms with E-state index in [1.807, 2.05) is 53.8 Å². The first-order valence-corrected chi connectivity index (χ1v) is 12.6. The van der Waals surface area contributed by atoms with Gasteiger partial charge >= 0.3 is 0 Å². The molecule has 0 bridgehead atoms. The van der Waals surface area contributed by atoms with Crippen molar-refractivity contribution in [1.82, 2.24) is 14.7 Å². The van der Waals surface area contributed by atoms with Crippen LogP contribution in [0.15, 0.2) is 30.3 Å². The van der Waals surface area contributed by atoms with Crippen molar-refractivity contribution in [3.8, 4) is 5.75 Å². The number of piperazine rings is 1. The lowest BCUT2D eigenvalue weighted by molar-refractivity contribution is -0.138. The molecule has 2 fully saturated rings. The summed E-state index contributed by atoms with van der Waals surface area (Å²) in [6, 6.07) is 9.29. The normalized spacial score (nSPS) is 21.8. The number of ether oxygens (including phenoxy) is 1. The zero-order valence-corrected chi connectivity index (χ0v) is 19.1. The lowest BCUT2D eigenvalue weighted by Crippen LogP contribution is -2.52. The molecule has 31 heavy (non-hydrogen) atoms. The fraction of sp³-hybridized carbons (Fsp3) is 0.545. The number of carbonyl (C=O) groups excluding carboxylic acids is 1. The summed E-state index contributed by atoms with van der Waals surface area (Å²) in [5.74, 6) is 1.07. The smallest absolute Gasteiger partial charge is 0.263 e. The van der Waals surface area contributed by atoms with Gasteiger partial charge in [0.1, 0.15) is 5.75 Å². The Morgan fingerprint density at radius 2 is 1.81 bits per heavy atom. The number of benzene rings is 1. The zero-order valence-electron chi connectivity index (χ0n) is 18.3. The third kappa shape index (κ3) is 4.56. The van der Waals surface area contributed by atoms with Gasteiger partial charge in [0.05, 0.1) is 34.6 Å². The van der Waals surface area contributed by atoms with Gasteiger partial charge in [0.25, 0.3) is 5.91 Å². The minimum absolute atomic E-state index is 0.0104. The quantitative estimate of drug-likeness (QED) is 0.698. The molecule has 1 amide bonds. The van der Waals surface area contributed by atoms with Crippen molar-refractivity contribution in [2.45, 2.75) is 39.3 Å². The molecule has 0 aliphatic carbocycles. The van der Waals surface area contributed by atoms with Gasteiger partial charge in [0.15, 0.2) is 15.9 Å². The van der Waals surface area contributed by atoms with Crippen LogP contribution in [0.5, 0.6) is 5.75 Å². The molecule has 0 radical (unpaired) electrons. The van der Waals surface area contributed by atoms with Gasteiger partial charge in [-0.1, -0.05) is 18.2 Å². The van der Waals surface area contributed by atoms with Crippen molar-refractivity contribution in [3.63, 3.8) is 0 Å². The molecule has 0 N–H and O–H groups in total. The van der Waals surface area contributed by atoms with Crippen LogP contribution in [0.4, 0.5) is 5.69 Å². The van der Waals surface area contributed by atoms with E-state index in [4.69, 9.17) is 4.74 Å². The first kappa shape index (κ1) is 21.7. The number of anilines is 1. The topological polar surface area (TPSA) is 84.7 Å². The first-order valence-electron chi connectivity index (χ1n) is 10.8. The summed E-state index contributed by atoms with van der Waals surface area (Å²) in [6.45, 7) is 8.41. The van der Waals surface area contributed by atoms with Crippen LogP contribution in [0.25, 0.3) is 0 Å². The minimum atomic E-state index is -2.97. The van der Waals surface area contributed by atoms with Crippen molar-refractivity contribution in [2.24, 2.45) is 0 Å². The molecule has 2 aliphatic rings. The fourth-order valence-corrected chi connectivity index (χ4v) is 6.29. The molecule has 2 aromatic rings. The molecule has 9 heteroatoms. The van der Waals surface area contributed by atoms with Crippen molar-refractivity contribution >= 4 is 21.4 Å². The molecule has 2 atom stereocenters. The van der Waals surface area contributed by atoms with Crippen LogP contribution in [0.3, 0.4) is 0 Å². The Bertz CT molecular complexity index is 1040. The maximum atomic E-state index is 12.8. The van der Waals surface area contributed by atoms with Crippen molar-refractivity contribution in [3.05, 3.63) is 41.7 Å². The number of aryl methyl sites for hydroxylation is 1. The number of aromatic nitrogens is 2. The van der Waals surface area contributed by atoms with Crippen LogP contribution in [-0.2, 0) is 14.6 Å². The van der Waals surface area contributed by atoms with Gasteiger partial charge in [-0.25, -0.2) is 8.42 Å². The standard InChI is InChI=1S/C22H30N4O4S/c1-16-21(17(2)26(23-16)19-9-14-31(28,29)15-19)24-10-12-25(13-11-24)22(27)18(3)30-20-7-5-4-6-8-20/h4-8,18-19H,9-15H2,1-3H3/t18-,19-/m1/s1. The fourth-order valence-electron chi connectivity index (χ4n) is 4.60. The van der Waals surface area contributed by atoms with Crippen LogP contribution < -0.4 is 9.64 Å². The molecule has 4 rings (SSSR count). The highest BCUT2D eigenvalue weighted by Crippen LogP contribution is 2.31. The summed E-state index contributed by atoms with van der Waals surface area (Å²) >= 11 is 0. The Morgan fingerprint density at radius 3 is 2.42 bits per heavy atom. The zero-order chi connectivity index (χ0) is 22.2. The lowest BCUT2D eigenvalue weighted by Gasteiger charge is -2.37. The number of hydrogen-bond acceptors (Lipinski definition) is 6. The molecular weight excluding hydrogens is 416 g/mol. The van der Waals surface area contributed by atoms with E-state index in [1.165, 1.54) is 0 Å². The maximum absolute atomic E-state index is 12.8. The van der Waals surface area contributed by atoms with Crippen LogP contribution in [0.2, 0.25) is 0 Å². The summed E-state index contributed by atoms with van der Waals surface area (Å²) < 4.78 is 31.5. The summed E-state index contributed by atoms with van der Waals surface area (Å²) in [6.07, 6.45) is 0.0789. The molecule has 0 saturated carbocycles. The van der Waals surface area contributed by atoms with E-state index >= 15 is 0 Å². The molecule has 1 aromatic heterocycles. The molecule has 8 nitrogen and oxygen atoms in total. The Balaban J connectivity index is 1.39. The van der Waals surface area contributed by atoms with E-state index in [2.05, 4.69) is 10.00 Å². The predicted molar refractivity (Wildman–Crippen MR) is 119 cm³/mol. The average molecular weight is 447 g/mol. The molecule has 168 valence electrons. The number of carbonyl (C=O) groups is 1. The van der Waals surface area contributed by atoms with E-state index in [9.17, 15) is 13.2 Å². The van der Waals surface area contributed by atoms with E-state index in [1.54, 1.807) is 6.92 Å². The van der Waals surface area contributed by atoms with E-state index in [0.717, 1.165) is 17.1 Å². The van der Waals surface area contributed by atoms with E-state index in [0.29, 0.717) is 38.3 Å². The van der Waals surface area contributed by atoms with Crippen LogP contribution in [0.1, 0.15) is 30.8 Å². The number of amides is 1. The van der Waals surface area contributed by atoms with Crippen LogP contribution in [-0.4, -0.2) is 72.8 Å². The van der Waals surface area contributed by atoms with Crippen LogP contribution in [0, 0.1) is 13.8 Å². The number of sulfone groups is 1. The highest BCUT2D eigenvalue weighted by atomic mass is 32.2. The first-order chi connectivity index (χ1) is 14.7. The van der Waals surface area contributed by atoms with Crippen molar-refractivity contribution in [2.75, 3.05) is 42.6 Å². The van der Waals surface area contributed by atoms with Crippen molar-refractivity contribution < 1.29 is 17.9 Å². The molecular formula is C22H30N4O4S. The Labute approximate surface area is 183 Å². The van der Waals surface area contributed by atoms with Gasteiger partial charge in [-0.15, -0.1) is 0 Å². The largest absolute Gasteiger partial charge is 0.481 e. The van der Waals surface area contributed by atoms with E-state index in [-0.39, 0.29) is 23.5 Å². The van der Waals surface area contributed by atoms with E-state index < -0.39 is 15.9 Å². The summed E-state index contributed by atoms with van der Waals surface area (Å²) in [4.78, 5) is 16.9. The van der Waals surface area contributed by atoms with Gasteiger partial charge in [0, 0.05) is 26.2 Å². The molecule has 0 unspecified atom stereocenters. The second kappa shape index (κ2) is 8.53. The molecule has 3 heterocycles. The Hall–Kier alpha value is -2.55. The average Bonchev–Trinajstić information content (AvgIpc) is 3.26. The Morgan fingerprint density at radius 1 is 1.13 bits per heavy atom. The second-order valence-corrected chi connectivity index (χ2v) is 10.6. The second-order valence-electron chi connectivity index (χ2n) is 8.41. The summed E-state index contributed by atoms with van der Waals surface area (Å²) in [5, 5.41) is 4.67. The molecule has 2 saturated heterocycles. The van der Waals surface area contributed by atoms with Gasteiger partial charge in [-0.05, 0) is 39.3 Å². The summed E-state index contributed by atoms with van der Waals surface area (Å²) in [5.41, 5.74) is 2.97. The SMILES string of the molecule is Cc1nn([C@@H]2CCS(=O)(=O)C2)c(C)c1N1CCN(C(=O)[C@@H](C)Oc2ccccc2)CC1. The summed E-state index contributed by atoms with van der Waals surface area (Å²) in [7, 11) is -2.97. The third-order valence-corrected chi connectivity index (χ3v) is 7.90. The highest BCUT2D eigenvalue weighted by molar-refractivity contribution is 7.91. The van der Waals surface area contributed by atoms with Crippen molar-refractivity contribution in [1.29, 1.82) is 0 Å². The number of hydrogen-bond donors (Lipinski definition) is 0. The maximum Gasteiger partial charge on any atom is 0.263 e. The Kier molecular flexibility index (Phi) is 5.96. The number of para-hydroxylation sites is 1. The van der Waals surface area contributed by atoms with Gasteiger partial charge in [0.2, 0.25) is 0 Å². The molecule has 0 spiro atoms. The lowest BCUT2D eigenvalue weighted by atomic mass is 10.2. The molecule has 1 aromatic carbocycles. The predicted octanol–water partition coefficient (Wildman–Crippen LogP) is 1.98. The monoisotopic (exact) mass is 446 g/mol. The minimum Gasteiger partial charge on any atom is -0.481 e. The number of rotatable bonds is 5. The third-order valence-electron chi connectivity index (χ3n) is 6.15. The van der Waals surface area contributed by atoms with Gasteiger partial charge < -0.3 is 14.5 Å². The number of nitrogens with zero attached hydrogens (tertiary/aromatic N) is 4. The van der Waals surface area contributed by atoms with Gasteiger partial charge in [-0.2, -0.15) is 5.10 Å².